The van der Waals surface area contributed by atoms with Crippen molar-refractivity contribution in [1.29, 1.82) is 0 Å². The molecule has 20 heavy (non-hydrogen) atoms. The summed E-state index contributed by atoms with van der Waals surface area (Å²) in [5, 5.41) is 11.0. The maximum atomic E-state index is 6.16. The summed E-state index contributed by atoms with van der Waals surface area (Å²) in [4.78, 5) is 0. The second-order valence-electron chi connectivity index (χ2n) is 7.70. The number of nitrogens with one attached hydrogen (secondary N) is 3. The lowest BCUT2D eigenvalue weighted by Crippen LogP contribution is -2.61. The van der Waals surface area contributed by atoms with Crippen molar-refractivity contribution in [2.45, 2.75) is 50.2 Å². The van der Waals surface area contributed by atoms with Gasteiger partial charge < -0.3 is 20.7 Å². The second kappa shape index (κ2) is 5.24. The Bertz CT molecular complexity index is 342. The molecule has 4 nitrogen and oxygen atoms in total. The number of morpholine rings is 1. The molecule has 0 aromatic rings. The van der Waals surface area contributed by atoms with Crippen LogP contribution in [0.3, 0.4) is 0 Å². The number of rotatable bonds is 1. The first-order valence-electron chi connectivity index (χ1n) is 8.58. The van der Waals surface area contributed by atoms with E-state index < -0.39 is 0 Å². The molecule has 114 valence electrons. The highest BCUT2D eigenvalue weighted by Gasteiger charge is 2.47. The highest BCUT2D eigenvalue weighted by molar-refractivity contribution is 5.03. The normalized spacial score (nSPS) is 44.4. The van der Waals surface area contributed by atoms with Crippen LogP contribution in [-0.4, -0.2) is 51.0 Å². The molecular formula is C16H29N3O. The van der Waals surface area contributed by atoms with Crippen molar-refractivity contribution in [3.63, 3.8) is 0 Å². The number of hydrogen-bond acceptors (Lipinski definition) is 4. The lowest BCUT2D eigenvalue weighted by Gasteiger charge is -2.45. The van der Waals surface area contributed by atoms with E-state index in [9.17, 15) is 0 Å². The lowest BCUT2D eigenvalue weighted by atomic mass is 9.77. The Hall–Kier alpha value is -0.160. The van der Waals surface area contributed by atoms with E-state index in [0.717, 1.165) is 32.2 Å². The standard InChI is InChI=1S/C16H29N3O/c1-2-4-15(3-1)8-14(19-10-15)13-7-16(12-18-9-13)11-17-5-6-20-16/h13-14,17-19H,1-12H2. The zero-order valence-electron chi connectivity index (χ0n) is 12.5. The molecule has 4 aliphatic rings. The highest BCUT2D eigenvalue weighted by Crippen LogP contribution is 2.46. The van der Waals surface area contributed by atoms with E-state index >= 15 is 0 Å². The van der Waals surface area contributed by atoms with Crippen LogP contribution in [0.4, 0.5) is 0 Å². The first-order valence-corrected chi connectivity index (χ1v) is 8.58. The summed E-state index contributed by atoms with van der Waals surface area (Å²) >= 11 is 0. The summed E-state index contributed by atoms with van der Waals surface area (Å²) in [5.41, 5.74) is 0.717. The Morgan fingerprint density at radius 2 is 1.80 bits per heavy atom. The molecule has 3 aliphatic heterocycles. The van der Waals surface area contributed by atoms with Crippen molar-refractivity contribution < 1.29 is 4.74 Å². The molecule has 0 aromatic carbocycles. The van der Waals surface area contributed by atoms with Crippen LogP contribution in [0.5, 0.6) is 0 Å². The van der Waals surface area contributed by atoms with Gasteiger partial charge in [-0.05, 0) is 43.6 Å². The Labute approximate surface area is 122 Å². The Balaban J connectivity index is 1.41. The molecule has 3 atom stereocenters. The molecule has 3 heterocycles. The maximum absolute atomic E-state index is 6.16. The maximum Gasteiger partial charge on any atom is 0.0934 e. The molecule has 3 N–H and O–H groups in total. The summed E-state index contributed by atoms with van der Waals surface area (Å²) < 4.78 is 6.16. The molecule has 3 saturated heterocycles. The minimum atomic E-state index is 0.0638. The molecule has 4 rings (SSSR count). The Morgan fingerprint density at radius 1 is 0.950 bits per heavy atom. The Morgan fingerprint density at radius 3 is 2.60 bits per heavy atom. The quantitative estimate of drug-likeness (QED) is 0.667. The van der Waals surface area contributed by atoms with E-state index in [2.05, 4.69) is 16.0 Å². The summed E-state index contributed by atoms with van der Waals surface area (Å²) in [6.07, 6.45) is 8.45. The van der Waals surface area contributed by atoms with Crippen LogP contribution in [-0.2, 0) is 4.74 Å². The van der Waals surface area contributed by atoms with Crippen molar-refractivity contribution in [3.8, 4) is 0 Å². The molecule has 1 saturated carbocycles. The summed E-state index contributed by atoms with van der Waals surface area (Å²) in [6, 6.07) is 0.711. The van der Waals surface area contributed by atoms with E-state index in [1.807, 2.05) is 0 Å². The molecule has 0 bridgehead atoms. The minimum Gasteiger partial charge on any atom is -0.371 e. The predicted molar refractivity (Wildman–Crippen MR) is 79.8 cm³/mol. The third-order valence-electron chi connectivity index (χ3n) is 6.25. The van der Waals surface area contributed by atoms with E-state index in [4.69, 9.17) is 4.74 Å². The van der Waals surface area contributed by atoms with Gasteiger partial charge in [-0.15, -0.1) is 0 Å². The van der Waals surface area contributed by atoms with Crippen LogP contribution < -0.4 is 16.0 Å². The molecule has 1 aliphatic carbocycles. The van der Waals surface area contributed by atoms with Gasteiger partial charge in [0.1, 0.15) is 0 Å². The molecule has 0 aromatic heterocycles. The summed E-state index contributed by atoms with van der Waals surface area (Å²) in [6.45, 7) is 6.36. The largest absolute Gasteiger partial charge is 0.371 e. The molecule has 4 fully saturated rings. The van der Waals surface area contributed by atoms with E-state index in [-0.39, 0.29) is 5.60 Å². The summed E-state index contributed by atoms with van der Waals surface area (Å²) in [5.74, 6) is 0.739. The zero-order valence-corrected chi connectivity index (χ0v) is 12.5. The molecule has 2 spiro atoms. The fraction of sp³-hybridized carbons (Fsp3) is 1.00. The third kappa shape index (κ3) is 2.41. The smallest absolute Gasteiger partial charge is 0.0934 e. The molecule has 4 heteroatoms. The number of ether oxygens (including phenoxy) is 1. The van der Waals surface area contributed by atoms with Crippen molar-refractivity contribution in [2.24, 2.45) is 11.3 Å². The Kier molecular flexibility index (Phi) is 3.53. The molecule has 0 amide bonds. The van der Waals surface area contributed by atoms with Crippen molar-refractivity contribution in [2.75, 3.05) is 39.3 Å². The highest BCUT2D eigenvalue weighted by atomic mass is 16.5. The predicted octanol–water partition coefficient (Wildman–Crippen LogP) is 0.877. The number of piperidine rings is 1. The first-order chi connectivity index (χ1) is 9.79. The van der Waals surface area contributed by atoms with Gasteiger partial charge in [0.15, 0.2) is 0 Å². The molecule has 0 radical (unpaired) electrons. The minimum absolute atomic E-state index is 0.0638. The van der Waals surface area contributed by atoms with Gasteiger partial charge in [-0.2, -0.15) is 0 Å². The van der Waals surface area contributed by atoms with Crippen molar-refractivity contribution in [3.05, 3.63) is 0 Å². The zero-order chi connectivity index (χ0) is 13.5. The molecule has 3 unspecified atom stereocenters. The SMILES string of the molecule is C1CCC2(C1)CNC(C1CNCC3(CNCCO3)C1)C2. The monoisotopic (exact) mass is 279 g/mol. The van der Waals surface area contributed by atoms with Crippen LogP contribution in [0.25, 0.3) is 0 Å². The van der Waals surface area contributed by atoms with Gasteiger partial charge in [0.2, 0.25) is 0 Å². The van der Waals surface area contributed by atoms with Crippen molar-refractivity contribution >= 4 is 0 Å². The average molecular weight is 279 g/mol. The van der Waals surface area contributed by atoms with Gasteiger partial charge in [-0.1, -0.05) is 12.8 Å². The van der Waals surface area contributed by atoms with Crippen molar-refractivity contribution in [1.82, 2.24) is 16.0 Å². The van der Waals surface area contributed by atoms with Crippen LogP contribution in [0.15, 0.2) is 0 Å². The van der Waals surface area contributed by atoms with Gasteiger partial charge in [0.25, 0.3) is 0 Å². The van der Waals surface area contributed by atoms with E-state index in [1.165, 1.54) is 51.6 Å². The first kappa shape index (κ1) is 13.5. The van der Waals surface area contributed by atoms with Gasteiger partial charge in [0, 0.05) is 32.2 Å². The topological polar surface area (TPSA) is 45.3 Å². The lowest BCUT2D eigenvalue weighted by molar-refractivity contribution is -0.0925. The van der Waals surface area contributed by atoms with Crippen LogP contribution in [0.2, 0.25) is 0 Å². The third-order valence-corrected chi connectivity index (χ3v) is 6.25. The fourth-order valence-electron chi connectivity index (χ4n) is 5.14. The van der Waals surface area contributed by atoms with E-state index in [1.54, 1.807) is 0 Å². The van der Waals surface area contributed by atoms with E-state index in [0.29, 0.717) is 11.5 Å². The molecular weight excluding hydrogens is 250 g/mol. The van der Waals surface area contributed by atoms with Gasteiger partial charge in [0.05, 0.1) is 12.2 Å². The second-order valence-corrected chi connectivity index (χ2v) is 7.70. The van der Waals surface area contributed by atoms with Crippen LogP contribution in [0, 0.1) is 11.3 Å². The summed E-state index contributed by atoms with van der Waals surface area (Å²) in [7, 11) is 0. The van der Waals surface area contributed by atoms with Crippen LogP contribution >= 0.6 is 0 Å². The van der Waals surface area contributed by atoms with Gasteiger partial charge in [-0.25, -0.2) is 0 Å². The average Bonchev–Trinajstić information content (AvgIpc) is 3.11. The van der Waals surface area contributed by atoms with Crippen LogP contribution in [0.1, 0.15) is 38.5 Å². The fourth-order valence-corrected chi connectivity index (χ4v) is 5.14. The van der Waals surface area contributed by atoms with Gasteiger partial charge in [-0.3, -0.25) is 0 Å². The van der Waals surface area contributed by atoms with Gasteiger partial charge >= 0.3 is 0 Å². The number of hydrogen-bond donors (Lipinski definition) is 3.